The summed E-state index contributed by atoms with van der Waals surface area (Å²) in [4.78, 5) is 0. The zero-order valence-corrected chi connectivity index (χ0v) is 15.4. The van der Waals surface area contributed by atoms with Crippen LogP contribution in [-0.2, 0) is 7.05 Å². The Bertz CT molecular complexity index is 752. The highest BCUT2D eigenvalue weighted by atomic mass is 14.9. The van der Waals surface area contributed by atoms with Gasteiger partial charge in [-0.25, -0.2) is 0 Å². The second-order valence-electron chi connectivity index (χ2n) is 5.04. The zero-order valence-electron chi connectivity index (χ0n) is 15.4. The maximum atomic E-state index is 3.96. The van der Waals surface area contributed by atoms with Crippen molar-refractivity contribution in [1.29, 1.82) is 0 Å². The van der Waals surface area contributed by atoms with Crippen LogP contribution >= 0.6 is 0 Å². The second kappa shape index (κ2) is 8.99. The SMILES string of the molecule is C=Cc1c(/C=C\C)c2ccc(C(/C=C\C)=C/C)cc2n1C.CC. The molecule has 0 fully saturated rings. The van der Waals surface area contributed by atoms with Gasteiger partial charge in [-0.3, -0.25) is 0 Å². The Balaban J connectivity index is 0.00000127. The first-order valence-electron chi connectivity index (χ1n) is 8.34. The van der Waals surface area contributed by atoms with E-state index in [4.69, 9.17) is 0 Å². The van der Waals surface area contributed by atoms with Crippen molar-refractivity contribution in [2.24, 2.45) is 7.05 Å². The molecule has 1 heteroatoms. The summed E-state index contributed by atoms with van der Waals surface area (Å²) in [5.74, 6) is 0. The fourth-order valence-electron chi connectivity index (χ4n) is 2.79. The van der Waals surface area contributed by atoms with Gasteiger partial charge in [-0.15, -0.1) is 0 Å². The van der Waals surface area contributed by atoms with E-state index >= 15 is 0 Å². The number of allylic oxidation sites excluding steroid dienone is 5. The number of aryl methyl sites for hydroxylation is 1. The van der Waals surface area contributed by atoms with E-state index in [0.29, 0.717) is 0 Å². The maximum Gasteiger partial charge on any atom is 0.0494 e. The Morgan fingerprint density at radius 1 is 1.09 bits per heavy atom. The summed E-state index contributed by atoms with van der Waals surface area (Å²) >= 11 is 0. The van der Waals surface area contributed by atoms with Crippen LogP contribution in [0.25, 0.3) is 28.6 Å². The van der Waals surface area contributed by atoms with Gasteiger partial charge in [0.05, 0.1) is 0 Å². The molecule has 1 aromatic carbocycles. The van der Waals surface area contributed by atoms with E-state index in [1.54, 1.807) is 0 Å². The molecule has 0 unspecified atom stereocenters. The first kappa shape index (κ1) is 18.8. The third-order valence-electron chi connectivity index (χ3n) is 3.80. The van der Waals surface area contributed by atoms with Crippen LogP contribution in [0.15, 0.2) is 49.1 Å². The van der Waals surface area contributed by atoms with Crippen molar-refractivity contribution < 1.29 is 0 Å². The molecule has 0 atom stereocenters. The van der Waals surface area contributed by atoms with E-state index < -0.39 is 0 Å². The predicted molar refractivity (Wildman–Crippen MR) is 108 cm³/mol. The normalized spacial score (nSPS) is 12.0. The van der Waals surface area contributed by atoms with Gasteiger partial charge in [-0.1, -0.05) is 62.9 Å². The molecule has 1 nitrogen and oxygen atoms in total. The first-order valence-corrected chi connectivity index (χ1v) is 8.34. The summed E-state index contributed by atoms with van der Waals surface area (Å²) in [6.07, 6.45) is 12.5. The molecular weight excluding hydrogens is 278 g/mol. The van der Waals surface area contributed by atoms with Gasteiger partial charge in [0.1, 0.15) is 0 Å². The molecular formula is C22H29N. The number of hydrogen-bond donors (Lipinski definition) is 0. The molecule has 0 bridgehead atoms. The molecule has 122 valence electrons. The van der Waals surface area contributed by atoms with Crippen LogP contribution in [0.5, 0.6) is 0 Å². The number of hydrogen-bond acceptors (Lipinski definition) is 0. The summed E-state index contributed by atoms with van der Waals surface area (Å²) in [5.41, 5.74) is 6.12. The molecule has 0 saturated heterocycles. The molecule has 0 aliphatic carbocycles. The first-order chi connectivity index (χ1) is 11.2. The maximum absolute atomic E-state index is 3.96. The van der Waals surface area contributed by atoms with E-state index in [1.807, 2.05) is 33.8 Å². The van der Waals surface area contributed by atoms with Crippen LogP contribution in [0.4, 0.5) is 0 Å². The summed E-state index contributed by atoms with van der Waals surface area (Å²) in [5, 5.41) is 1.27. The monoisotopic (exact) mass is 307 g/mol. The summed E-state index contributed by atoms with van der Waals surface area (Å²) in [7, 11) is 2.10. The Morgan fingerprint density at radius 3 is 2.30 bits per heavy atom. The van der Waals surface area contributed by atoms with Crippen molar-refractivity contribution in [1.82, 2.24) is 4.57 Å². The van der Waals surface area contributed by atoms with E-state index in [9.17, 15) is 0 Å². The van der Waals surface area contributed by atoms with Crippen molar-refractivity contribution in [2.75, 3.05) is 0 Å². The number of rotatable bonds is 4. The number of nitrogens with zero attached hydrogens (tertiary/aromatic N) is 1. The Labute approximate surface area is 141 Å². The summed E-state index contributed by atoms with van der Waals surface area (Å²) < 4.78 is 2.21. The van der Waals surface area contributed by atoms with Gasteiger partial charge < -0.3 is 4.57 Å². The van der Waals surface area contributed by atoms with Crippen LogP contribution in [0, 0.1) is 0 Å². The number of aromatic nitrogens is 1. The molecule has 2 rings (SSSR count). The number of benzene rings is 1. The highest BCUT2D eigenvalue weighted by Crippen LogP contribution is 2.30. The lowest BCUT2D eigenvalue weighted by Gasteiger charge is -2.04. The fourth-order valence-corrected chi connectivity index (χ4v) is 2.79. The molecule has 0 aliphatic heterocycles. The van der Waals surface area contributed by atoms with Crippen LogP contribution in [0.1, 0.15) is 51.4 Å². The van der Waals surface area contributed by atoms with Crippen molar-refractivity contribution in [2.45, 2.75) is 34.6 Å². The molecule has 0 saturated carbocycles. The van der Waals surface area contributed by atoms with E-state index in [-0.39, 0.29) is 0 Å². The van der Waals surface area contributed by atoms with Gasteiger partial charge in [-0.2, -0.15) is 0 Å². The molecule has 0 N–H and O–H groups in total. The molecule has 1 heterocycles. The average molecular weight is 307 g/mol. The lowest BCUT2D eigenvalue weighted by molar-refractivity contribution is 0.953. The van der Waals surface area contributed by atoms with Gasteiger partial charge in [0, 0.05) is 29.2 Å². The van der Waals surface area contributed by atoms with Crippen LogP contribution < -0.4 is 0 Å². The topological polar surface area (TPSA) is 4.93 Å². The van der Waals surface area contributed by atoms with Crippen molar-refractivity contribution >= 4 is 28.6 Å². The Kier molecular flexibility index (Phi) is 7.34. The smallest absolute Gasteiger partial charge is 0.0494 e. The highest BCUT2D eigenvalue weighted by molar-refractivity contribution is 5.96. The molecule has 2 aromatic rings. The van der Waals surface area contributed by atoms with E-state index in [2.05, 4.69) is 73.7 Å². The Hall–Kier alpha value is -2.28. The number of fused-ring (bicyclic) bond motifs is 1. The third-order valence-corrected chi connectivity index (χ3v) is 3.80. The minimum atomic E-state index is 1.16. The van der Waals surface area contributed by atoms with Gasteiger partial charge in [0.2, 0.25) is 0 Å². The third kappa shape index (κ3) is 3.73. The molecule has 0 spiro atoms. The van der Waals surface area contributed by atoms with Crippen molar-refractivity contribution in [3.05, 3.63) is 65.9 Å². The molecule has 0 radical (unpaired) electrons. The molecule has 1 aromatic heterocycles. The largest absolute Gasteiger partial charge is 0.344 e. The lowest BCUT2D eigenvalue weighted by atomic mass is 10.0. The molecule has 23 heavy (non-hydrogen) atoms. The highest BCUT2D eigenvalue weighted by Gasteiger charge is 2.11. The molecule has 0 amide bonds. The quantitative estimate of drug-likeness (QED) is 0.544. The van der Waals surface area contributed by atoms with Crippen LogP contribution in [-0.4, -0.2) is 4.57 Å². The van der Waals surface area contributed by atoms with Crippen LogP contribution in [0.3, 0.4) is 0 Å². The minimum Gasteiger partial charge on any atom is -0.344 e. The summed E-state index contributed by atoms with van der Waals surface area (Å²) in [6.45, 7) is 14.1. The van der Waals surface area contributed by atoms with Crippen molar-refractivity contribution in [3.8, 4) is 0 Å². The summed E-state index contributed by atoms with van der Waals surface area (Å²) in [6, 6.07) is 6.65. The zero-order chi connectivity index (χ0) is 17.4. The fraction of sp³-hybridized carbons (Fsp3) is 0.273. The lowest BCUT2D eigenvalue weighted by Crippen LogP contribution is -1.91. The Morgan fingerprint density at radius 2 is 1.78 bits per heavy atom. The van der Waals surface area contributed by atoms with Crippen LogP contribution in [0.2, 0.25) is 0 Å². The molecule has 0 aliphatic rings. The van der Waals surface area contributed by atoms with Gasteiger partial charge in [-0.05, 0) is 44.1 Å². The van der Waals surface area contributed by atoms with Crippen molar-refractivity contribution in [3.63, 3.8) is 0 Å². The average Bonchev–Trinajstić information content (AvgIpc) is 2.86. The van der Waals surface area contributed by atoms with E-state index in [1.165, 1.54) is 27.6 Å². The predicted octanol–water partition coefficient (Wildman–Crippen LogP) is 6.86. The van der Waals surface area contributed by atoms with Gasteiger partial charge in [0.15, 0.2) is 0 Å². The standard InChI is InChI=1S/C20H23N.C2H6/c1-6-10-15(8-3)16-12-13-18-17(11-7-2)19(9-4)21(5)20(18)14-16;1-2/h6-14H,4H2,1-3,5H3;1-2H3/b10-6-,11-7-,15-8+;. The minimum absolute atomic E-state index is 1.16. The van der Waals surface area contributed by atoms with Gasteiger partial charge in [0.25, 0.3) is 0 Å². The second-order valence-corrected chi connectivity index (χ2v) is 5.04. The van der Waals surface area contributed by atoms with E-state index in [0.717, 1.165) is 5.69 Å². The van der Waals surface area contributed by atoms with Gasteiger partial charge >= 0.3 is 0 Å².